The molecule has 0 bridgehead atoms. The lowest BCUT2D eigenvalue weighted by molar-refractivity contribution is -0.121. The summed E-state index contributed by atoms with van der Waals surface area (Å²) in [4.78, 5) is 29.9. The van der Waals surface area contributed by atoms with Gasteiger partial charge in [0.2, 0.25) is 23.8 Å². The predicted molar refractivity (Wildman–Crippen MR) is 74.3 cm³/mol. The molecule has 1 amide bonds. The van der Waals surface area contributed by atoms with Gasteiger partial charge >= 0.3 is 0 Å². The number of nitrogens with two attached hydrogens (primary N) is 2. The molecule has 1 aliphatic heterocycles. The Morgan fingerprint density at radius 1 is 1.33 bits per heavy atom. The molecule has 0 aliphatic carbocycles. The second-order valence-corrected chi connectivity index (χ2v) is 4.71. The number of nitrogens with one attached hydrogen (secondary N) is 1. The first-order valence-electron chi connectivity index (χ1n) is 6.42. The van der Waals surface area contributed by atoms with Crippen molar-refractivity contribution in [3.63, 3.8) is 0 Å². The quantitative estimate of drug-likeness (QED) is 0.463. The molecule has 10 nitrogen and oxygen atoms in total. The van der Waals surface area contributed by atoms with E-state index in [9.17, 15) is 4.79 Å². The molecule has 0 saturated carbocycles. The standard InChI is InChI=1S/C11H15N9O/c12-8(21)7-1-3-19(5-7)10-15-9(18-13)16-11(17-10)20-4-2-14-6-20/h2,4,6-7H,1,3,5,13H2,(H2,12,21)(H,15,16,17,18). The highest BCUT2D eigenvalue weighted by molar-refractivity contribution is 5.78. The van der Waals surface area contributed by atoms with Crippen LogP contribution in [0.5, 0.6) is 0 Å². The van der Waals surface area contributed by atoms with Crippen molar-refractivity contribution in [3.8, 4) is 5.95 Å². The molecule has 1 aliphatic rings. The Labute approximate surface area is 120 Å². The SMILES string of the molecule is NNc1nc(N2CCC(C(N)=O)C2)nc(-n2ccnc2)n1. The number of carbonyl (C=O) groups is 1. The number of hydrazine groups is 1. The van der Waals surface area contributed by atoms with Crippen molar-refractivity contribution in [2.24, 2.45) is 17.5 Å². The van der Waals surface area contributed by atoms with Gasteiger partial charge in [0.05, 0.1) is 5.92 Å². The third-order valence-electron chi connectivity index (χ3n) is 3.35. The number of hydrogen-bond acceptors (Lipinski definition) is 8. The Balaban J connectivity index is 1.92. The highest BCUT2D eigenvalue weighted by atomic mass is 16.1. The van der Waals surface area contributed by atoms with Crippen LogP contribution in [0.4, 0.5) is 11.9 Å². The van der Waals surface area contributed by atoms with Crippen molar-refractivity contribution >= 4 is 17.8 Å². The molecule has 1 fully saturated rings. The van der Waals surface area contributed by atoms with Gasteiger partial charge in [-0.05, 0) is 6.42 Å². The molecule has 1 unspecified atom stereocenters. The van der Waals surface area contributed by atoms with Crippen LogP contribution in [0.2, 0.25) is 0 Å². The lowest BCUT2D eigenvalue weighted by atomic mass is 10.1. The summed E-state index contributed by atoms with van der Waals surface area (Å²) in [6.45, 7) is 1.15. The van der Waals surface area contributed by atoms with E-state index in [4.69, 9.17) is 11.6 Å². The number of aromatic nitrogens is 5. The molecule has 0 spiro atoms. The summed E-state index contributed by atoms with van der Waals surface area (Å²) in [5, 5.41) is 0. The molecule has 2 aromatic heterocycles. The minimum atomic E-state index is -0.307. The molecule has 10 heteroatoms. The molecule has 21 heavy (non-hydrogen) atoms. The topological polar surface area (TPSA) is 141 Å². The molecule has 0 radical (unpaired) electrons. The zero-order chi connectivity index (χ0) is 14.8. The van der Waals surface area contributed by atoms with Crippen LogP contribution in [0.15, 0.2) is 18.7 Å². The number of carbonyl (C=O) groups excluding carboxylic acids is 1. The zero-order valence-corrected chi connectivity index (χ0v) is 11.2. The van der Waals surface area contributed by atoms with Crippen molar-refractivity contribution < 1.29 is 4.79 Å². The summed E-state index contributed by atoms with van der Waals surface area (Å²) in [6.07, 6.45) is 5.61. The van der Waals surface area contributed by atoms with Crippen molar-refractivity contribution in [1.29, 1.82) is 0 Å². The summed E-state index contributed by atoms with van der Waals surface area (Å²) in [5.74, 6) is 5.99. The first kappa shape index (κ1) is 13.2. The molecule has 5 N–H and O–H groups in total. The average Bonchev–Trinajstić information content (AvgIpc) is 3.18. The Hall–Kier alpha value is -2.75. The van der Waals surface area contributed by atoms with Crippen LogP contribution in [-0.2, 0) is 4.79 Å². The van der Waals surface area contributed by atoms with Crippen LogP contribution in [0.3, 0.4) is 0 Å². The van der Waals surface area contributed by atoms with Gasteiger partial charge < -0.3 is 10.6 Å². The van der Waals surface area contributed by atoms with E-state index in [1.54, 1.807) is 23.3 Å². The maximum absolute atomic E-state index is 11.3. The third-order valence-corrected chi connectivity index (χ3v) is 3.35. The van der Waals surface area contributed by atoms with E-state index >= 15 is 0 Å². The van der Waals surface area contributed by atoms with E-state index in [0.717, 1.165) is 0 Å². The van der Waals surface area contributed by atoms with Crippen molar-refractivity contribution in [2.45, 2.75) is 6.42 Å². The predicted octanol–water partition coefficient (Wildman–Crippen LogP) is -1.35. The fourth-order valence-electron chi connectivity index (χ4n) is 2.23. The molecular weight excluding hydrogens is 274 g/mol. The summed E-state index contributed by atoms with van der Waals surface area (Å²) in [6, 6.07) is 0. The number of nitrogen functional groups attached to an aromatic ring is 1. The molecule has 3 rings (SSSR count). The largest absolute Gasteiger partial charge is 0.369 e. The van der Waals surface area contributed by atoms with Gasteiger partial charge in [0.1, 0.15) is 6.33 Å². The van der Waals surface area contributed by atoms with Crippen molar-refractivity contribution in [2.75, 3.05) is 23.4 Å². The van der Waals surface area contributed by atoms with E-state index in [0.29, 0.717) is 31.4 Å². The number of anilines is 2. The normalized spacial score (nSPS) is 18.0. The molecule has 1 atom stereocenters. The molecular formula is C11H15N9O. The number of nitrogens with zero attached hydrogens (tertiary/aromatic N) is 6. The van der Waals surface area contributed by atoms with Crippen LogP contribution in [-0.4, -0.2) is 43.5 Å². The number of imidazole rings is 1. The lowest BCUT2D eigenvalue weighted by Crippen LogP contribution is -2.29. The second-order valence-electron chi connectivity index (χ2n) is 4.71. The van der Waals surface area contributed by atoms with Gasteiger partial charge in [0.15, 0.2) is 0 Å². The van der Waals surface area contributed by atoms with Crippen LogP contribution >= 0.6 is 0 Å². The monoisotopic (exact) mass is 289 g/mol. The first-order chi connectivity index (χ1) is 10.2. The van der Waals surface area contributed by atoms with E-state index in [2.05, 4.69) is 25.4 Å². The minimum absolute atomic E-state index is 0.187. The number of primary amides is 1. The van der Waals surface area contributed by atoms with Gasteiger partial charge in [-0.2, -0.15) is 15.0 Å². The average molecular weight is 289 g/mol. The Morgan fingerprint density at radius 3 is 2.76 bits per heavy atom. The van der Waals surface area contributed by atoms with Gasteiger partial charge in [0.25, 0.3) is 0 Å². The minimum Gasteiger partial charge on any atom is -0.369 e. The van der Waals surface area contributed by atoms with Crippen LogP contribution in [0.1, 0.15) is 6.42 Å². The summed E-state index contributed by atoms with van der Waals surface area (Å²) in [7, 11) is 0. The maximum atomic E-state index is 11.3. The number of amides is 1. The fourth-order valence-corrected chi connectivity index (χ4v) is 2.23. The smallest absolute Gasteiger partial charge is 0.243 e. The van der Waals surface area contributed by atoms with Crippen LogP contribution in [0.25, 0.3) is 5.95 Å². The zero-order valence-electron chi connectivity index (χ0n) is 11.2. The lowest BCUT2D eigenvalue weighted by Gasteiger charge is -2.17. The van der Waals surface area contributed by atoms with Gasteiger partial charge in [-0.25, -0.2) is 10.8 Å². The first-order valence-corrected chi connectivity index (χ1v) is 6.42. The van der Waals surface area contributed by atoms with E-state index in [-0.39, 0.29) is 17.8 Å². The van der Waals surface area contributed by atoms with Crippen molar-refractivity contribution in [1.82, 2.24) is 24.5 Å². The fraction of sp³-hybridized carbons (Fsp3) is 0.364. The molecule has 3 heterocycles. The molecule has 2 aromatic rings. The molecule has 0 aromatic carbocycles. The highest BCUT2D eigenvalue weighted by Crippen LogP contribution is 2.21. The summed E-state index contributed by atoms with van der Waals surface area (Å²) >= 11 is 0. The Bertz CT molecular complexity index is 641. The van der Waals surface area contributed by atoms with Gasteiger partial charge in [-0.15, -0.1) is 0 Å². The van der Waals surface area contributed by atoms with E-state index in [1.165, 1.54) is 0 Å². The highest BCUT2D eigenvalue weighted by Gasteiger charge is 2.28. The molecule has 110 valence electrons. The Kier molecular flexibility index (Phi) is 3.36. The van der Waals surface area contributed by atoms with Gasteiger partial charge in [0, 0.05) is 25.5 Å². The number of hydrogen-bond donors (Lipinski definition) is 3. The summed E-state index contributed by atoms with van der Waals surface area (Å²) in [5.41, 5.74) is 7.75. The van der Waals surface area contributed by atoms with Crippen LogP contribution < -0.4 is 21.9 Å². The van der Waals surface area contributed by atoms with Crippen molar-refractivity contribution in [3.05, 3.63) is 18.7 Å². The van der Waals surface area contributed by atoms with Crippen LogP contribution in [0, 0.1) is 5.92 Å². The van der Waals surface area contributed by atoms with Gasteiger partial charge in [-0.3, -0.25) is 14.8 Å². The summed E-state index contributed by atoms with van der Waals surface area (Å²) < 4.78 is 1.65. The van der Waals surface area contributed by atoms with E-state index < -0.39 is 0 Å². The van der Waals surface area contributed by atoms with Gasteiger partial charge in [-0.1, -0.05) is 0 Å². The molecule has 1 saturated heterocycles. The number of rotatable bonds is 4. The van der Waals surface area contributed by atoms with E-state index in [1.807, 2.05) is 4.90 Å². The maximum Gasteiger partial charge on any atom is 0.243 e. The second kappa shape index (κ2) is 5.32. The Morgan fingerprint density at radius 2 is 2.14 bits per heavy atom. The third kappa shape index (κ3) is 2.60.